The molecule has 0 rings (SSSR count). The van der Waals surface area contributed by atoms with Crippen molar-refractivity contribution in [1.29, 1.82) is 0 Å². The Morgan fingerprint density at radius 2 is 1.24 bits per heavy atom. The van der Waals surface area contributed by atoms with Crippen LogP contribution in [-0.4, -0.2) is 23.5 Å². The highest BCUT2D eigenvalue weighted by Gasteiger charge is 2.47. The molecule has 0 aromatic heterocycles. The molecule has 0 bridgehead atoms. The fraction of sp³-hybridized carbons (Fsp3) is 0.500. The average molecular weight is 252 g/mol. The predicted octanol–water partition coefficient (Wildman–Crippen LogP) is -3.35. The van der Waals surface area contributed by atoms with E-state index in [0.717, 1.165) is 0 Å². The van der Waals surface area contributed by atoms with Crippen molar-refractivity contribution in [2.75, 3.05) is 0 Å². The second-order valence-electron chi connectivity index (χ2n) is 2.85. The van der Waals surface area contributed by atoms with Crippen LogP contribution in [0.3, 0.4) is 0 Å². The molecule has 0 aliphatic heterocycles. The molecule has 17 heavy (non-hydrogen) atoms. The highest BCUT2D eigenvalue weighted by atomic mass is 16.7. The Labute approximate surface area is 94.7 Å². The van der Waals surface area contributed by atoms with Gasteiger partial charge in [-0.25, -0.2) is 10.7 Å². The highest BCUT2D eigenvalue weighted by molar-refractivity contribution is 5.90. The van der Waals surface area contributed by atoms with E-state index >= 15 is 0 Å². The van der Waals surface area contributed by atoms with Crippen LogP contribution >= 0.6 is 0 Å². The first-order valence-corrected chi connectivity index (χ1v) is 4.04. The standard InChI is InChI=1S/C6H12N4O7/c7-14-3(11)1-6(17-10,5(13)16-9)2-4(12)15-8/h1-2,7-10H2. The molecular formula is C6H12N4O7. The Morgan fingerprint density at radius 3 is 1.47 bits per heavy atom. The number of hydrogen-bond acceptors (Lipinski definition) is 11. The Bertz CT molecular complexity index is 289. The maximum Gasteiger partial charge on any atom is 0.360 e. The summed E-state index contributed by atoms with van der Waals surface area (Å²) in [6.07, 6.45) is -1.63. The maximum absolute atomic E-state index is 11.3. The van der Waals surface area contributed by atoms with Crippen molar-refractivity contribution in [3.8, 4) is 0 Å². The molecule has 0 heterocycles. The molecule has 0 aromatic carbocycles. The Hall–Kier alpha value is -1.79. The van der Waals surface area contributed by atoms with E-state index in [9.17, 15) is 14.4 Å². The first-order valence-electron chi connectivity index (χ1n) is 4.04. The van der Waals surface area contributed by atoms with Crippen LogP contribution in [0.2, 0.25) is 0 Å². The Balaban J connectivity index is 5.06. The third kappa shape index (κ3) is 3.93. The first kappa shape index (κ1) is 15.2. The quantitative estimate of drug-likeness (QED) is 0.345. The summed E-state index contributed by atoms with van der Waals surface area (Å²) in [5.41, 5.74) is -2.22. The van der Waals surface area contributed by atoms with Crippen LogP contribution in [0.25, 0.3) is 0 Å². The molecule has 0 aliphatic rings. The molecule has 0 aromatic rings. The minimum Gasteiger partial charge on any atom is -0.373 e. The van der Waals surface area contributed by atoms with Crippen LogP contribution in [0, 0.1) is 0 Å². The van der Waals surface area contributed by atoms with Crippen LogP contribution in [0.1, 0.15) is 12.8 Å². The summed E-state index contributed by atoms with van der Waals surface area (Å²) in [6, 6.07) is 0. The van der Waals surface area contributed by atoms with Crippen molar-refractivity contribution in [3.05, 3.63) is 0 Å². The van der Waals surface area contributed by atoms with Crippen molar-refractivity contribution in [3.63, 3.8) is 0 Å². The van der Waals surface area contributed by atoms with Gasteiger partial charge in [-0.05, 0) is 0 Å². The van der Waals surface area contributed by atoms with E-state index in [1.165, 1.54) is 0 Å². The van der Waals surface area contributed by atoms with Gasteiger partial charge < -0.3 is 14.5 Å². The summed E-state index contributed by atoms with van der Waals surface area (Å²) in [5, 5.41) is 0. The van der Waals surface area contributed by atoms with E-state index in [1.54, 1.807) is 0 Å². The summed E-state index contributed by atoms with van der Waals surface area (Å²) in [7, 11) is 0. The largest absolute Gasteiger partial charge is 0.373 e. The number of carbonyl (C=O) groups is 3. The maximum atomic E-state index is 11.3. The monoisotopic (exact) mass is 252 g/mol. The van der Waals surface area contributed by atoms with Gasteiger partial charge in [-0.15, -0.1) is 0 Å². The van der Waals surface area contributed by atoms with Crippen molar-refractivity contribution in [2.24, 2.45) is 23.6 Å². The molecule has 11 nitrogen and oxygen atoms in total. The molecule has 0 aliphatic carbocycles. The summed E-state index contributed by atoms with van der Waals surface area (Å²) >= 11 is 0. The molecule has 0 saturated carbocycles. The smallest absolute Gasteiger partial charge is 0.360 e. The van der Waals surface area contributed by atoms with Crippen LogP contribution in [-0.2, 0) is 33.7 Å². The van der Waals surface area contributed by atoms with Crippen LogP contribution in [0.5, 0.6) is 0 Å². The third-order valence-electron chi connectivity index (χ3n) is 1.83. The van der Waals surface area contributed by atoms with E-state index in [0.29, 0.717) is 0 Å². The molecule has 0 atom stereocenters. The molecule has 0 amide bonds. The molecule has 0 radical (unpaired) electrons. The lowest BCUT2D eigenvalue weighted by atomic mass is 9.95. The second-order valence-corrected chi connectivity index (χ2v) is 2.85. The zero-order valence-electron chi connectivity index (χ0n) is 8.58. The fourth-order valence-electron chi connectivity index (χ4n) is 0.995. The number of nitrogens with two attached hydrogens (primary N) is 4. The number of hydrogen-bond donors (Lipinski definition) is 4. The van der Waals surface area contributed by atoms with Gasteiger partial charge in [0.1, 0.15) is 0 Å². The molecule has 11 heteroatoms. The summed E-state index contributed by atoms with van der Waals surface area (Å²) in [4.78, 5) is 49.0. The van der Waals surface area contributed by atoms with Crippen LogP contribution in [0.15, 0.2) is 0 Å². The molecule has 0 fully saturated rings. The number of carbonyl (C=O) groups excluding carboxylic acids is 3. The molecule has 0 spiro atoms. The summed E-state index contributed by atoms with van der Waals surface area (Å²) in [5.74, 6) is 15.1. The minimum atomic E-state index is -2.22. The van der Waals surface area contributed by atoms with E-state index in [4.69, 9.17) is 5.90 Å². The third-order valence-corrected chi connectivity index (χ3v) is 1.83. The van der Waals surface area contributed by atoms with Gasteiger partial charge in [0.25, 0.3) is 0 Å². The van der Waals surface area contributed by atoms with Crippen molar-refractivity contribution >= 4 is 17.9 Å². The Kier molecular flexibility index (Phi) is 6.01. The average Bonchev–Trinajstić information content (AvgIpc) is 2.36. The van der Waals surface area contributed by atoms with Crippen LogP contribution < -0.4 is 23.6 Å². The zero-order chi connectivity index (χ0) is 13.5. The minimum absolute atomic E-state index is 0.814. The van der Waals surface area contributed by atoms with Gasteiger partial charge in [-0.1, -0.05) is 0 Å². The first-order chi connectivity index (χ1) is 7.95. The molecular weight excluding hydrogens is 240 g/mol. The summed E-state index contributed by atoms with van der Waals surface area (Å²) < 4.78 is 0. The summed E-state index contributed by atoms with van der Waals surface area (Å²) in [6.45, 7) is 0. The molecule has 8 N–H and O–H groups in total. The normalized spacial score (nSPS) is 10.6. The number of rotatable bonds is 6. The SMILES string of the molecule is NOC(=O)CC(CC(=O)ON)(ON)C(=O)ON. The predicted molar refractivity (Wildman–Crippen MR) is 48.1 cm³/mol. The molecule has 98 valence electrons. The Morgan fingerprint density at radius 1 is 0.824 bits per heavy atom. The lowest BCUT2D eigenvalue weighted by Gasteiger charge is -2.25. The van der Waals surface area contributed by atoms with Gasteiger partial charge in [0.2, 0.25) is 5.60 Å². The van der Waals surface area contributed by atoms with E-state index in [1.807, 2.05) is 0 Å². The van der Waals surface area contributed by atoms with Crippen LogP contribution in [0.4, 0.5) is 0 Å². The van der Waals surface area contributed by atoms with Crippen molar-refractivity contribution in [1.82, 2.24) is 0 Å². The lowest BCUT2D eigenvalue weighted by molar-refractivity contribution is -0.187. The zero-order valence-corrected chi connectivity index (χ0v) is 8.58. The fourth-order valence-corrected chi connectivity index (χ4v) is 0.995. The van der Waals surface area contributed by atoms with Gasteiger partial charge in [-0.3, -0.25) is 14.4 Å². The topological polar surface area (TPSA) is 192 Å². The van der Waals surface area contributed by atoms with Gasteiger partial charge in [-0.2, -0.15) is 17.7 Å². The van der Waals surface area contributed by atoms with Gasteiger partial charge in [0, 0.05) is 0 Å². The molecule has 0 saturated heterocycles. The van der Waals surface area contributed by atoms with Crippen molar-refractivity contribution < 1.29 is 33.7 Å². The van der Waals surface area contributed by atoms with Gasteiger partial charge in [0.05, 0.1) is 12.8 Å². The lowest BCUT2D eigenvalue weighted by Crippen LogP contribution is -2.50. The van der Waals surface area contributed by atoms with Crippen molar-refractivity contribution in [2.45, 2.75) is 18.4 Å². The van der Waals surface area contributed by atoms with E-state index in [2.05, 4.69) is 37.0 Å². The molecule has 0 unspecified atom stereocenters. The highest BCUT2D eigenvalue weighted by Crippen LogP contribution is 2.21. The van der Waals surface area contributed by atoms with Gasteiger partial charge >= 0.3 is 17.9 Å². The van der Waals surface area contributed by atoms with E-state index in [-0.39, 0.29) is 0 Å². The second kappa shape index (κ2) is 6.72. The van der Waals surface area contributed by atoms with E-state index < -0.39 is 36.4 Å². The van der Waals surface area contributed by atoms with Gasteiger partial charge in [0.15, 0.2) is 0 Å².